The van der Waals surface area contributed by atoms with Gasteiger partial charge in [0, 0.05) is 19.2 Å². The first-order chi connectivity index (χ1) is 6.67. The van der Waals surface area contributed by atoms with Crippen LogP contribution in [0, 0.1) is 0 Å². The average molecular weight is 198 g/mol. The molecule has 0 saturated carbocycles. The molecule has 1 aromatic heterocycles. The van der Waals surface area contributed by atoms with Crippen LogP contribution in [0.4, 0.5) is 0 Å². The van der Waals surface area contributed by atoms with Crippen LogP contribution in [0.3, 0.4) is 0 Å². The smallest absolute Gasteiger partial charge is 0.335 e. The van der Waals surface area contributed by atoms with Crippen LogP contribution >= 0.6 is 0 Å². The summed E-state index contributed by atoms with van der Waals surface area (Å²) in [5.41, 5.74) is 0.685. The molecule has 78 valence electrons. The van der Waals surface area contributed by atoms with E-state index in [0.29, 0.717) is 5.69 Å². The van der Waals surface area contributed by atoms with Crippen LogP contribution in [0.15, 0.2) is 12.3 Å². The van der Waals surface area contributed by atoms with Crippen LogP contribution in [0.25, 0.3) is 0 Å². The first-order valence-corrected chi connectivity index (χ1v) is 4.45. The predicted octanol–water partition coefficient (Wildman–Crippen LogP) is -0.0206. The molecule has 0 radical (unpaired) electrons. The number of carbonyl (C=O) groups excluding carboxylic acids is 1. The van der Waals surface area contributed by atoms with E-state index in [1.807, 2.05) is 6.92 Å². The monoisotopic (exact) mass is 198 g/mol. The Balaban J connectivity index is 2.55. The fourth-order valence-corrected chi connectivity index (χ4v) is 1.11. The quantitative estimate of drug-likeness (QED) is 0.690. The third-order valence-electron chi connectivity index (χ3n) is 1.90. The van der Waals surface area contributed by atoms with Crippen molar-refractivity contribution in [3.05, 3.63) is 18.0 Å². The zero-order valence-electron chi connectivity index (χ0n) is 8.30. The number of methoxy groups -OCH3 is 1. The highest BCUT2D eigenvalue weighted by Gasteiger charge is 2.16. The lowest BCUT2D eigenvalue weighted by atomic mass is 10.2. The summed E-state index contributed by atoms with van der Waals surface area (Å²) in [6.45, 7) is 2.74. The number of ether oxygens (including phenoxy) is 1. The lowest BCUT2D eigenvalue weighted by Crippen LogP contribution is -2.24. The van der Waals surface area contributed by atoms with Crippen molar-refractivity contribution in [2.75, 3.05) is 7.11 Å². The molecule has 0 aliphatic heterocycles. The summed E-state index contributed by atoms with van der Waals surface area (Å²) in [4.78, 5) is 10.9. The molecule has 0 aromatic carbocycles. The van der Waals surface area contributed by atoms with Gasteiger partial charge in [0.25, 0.3) is 0 Å². The molecule has 0 fully saturated rings. The van der Waals surface area contributed by atoms with Gasteiger partial charge in [0.05, 0.1) is 12.8 Å². The highest BCUT2D eigenvalue weighted by atomic mass is 16.5. The zero-order valence-corrected chi connectivity index (χ0v) is 8.30. The van der Waals surface area contributed by atoms with Gasteiger partial charge in [-0.25, -0.2) is 4.79 Å². The molecule has 0 spiro atoms. The number of nitrogens with zero attached hydrogens (tertiary/aromatic N) is 2. The van der Waals surface area contributed by atoms with E-state index in [1.165, 1.54) is 7.11 Å². The molecule has 1 unspecified atom stereocenters. The van der Waals surface area contributed by atoms with Crippen molar-refractivity contribution in [1.82, 2.24) is 9.78 Å². The molecule has 0 bridgehead atoms. The van der Waals surface area contributed by atoms with Gasteiger partial charge in [-0.3, -0.25) is 4.68 Å². The highest BCUT2D eigenvalue weighted by Crippen LogP contribution is 2.01. The molecule has 1 N–H and O–H groups in total. The lowest BCUT2D eigenvalue weighted by Gasteiger charge is -2.05. The maximum absolute atomic E-state index is 10.9. The number of rotatable bonds is 4. The van der Waals surface area contributed by atoms with Gasteiger partial charge in [0.2, 0.25) is 0 Å². The van der Waals surface area contributed by atoms with Crippen molar-refractivity contribution >= 4 is 5.97 Å². The van der Waals surface area contributed by atoms with E-state index >= 15 is 0 Å². The third-order valence-corrected chi connectivity index (χ3v) is 1.90. The summed E-state index contributed by atoms with van der Waals surface area (Å²) < 4.78 is 6.13. The Hall–Kier alpha value is -1.36. The molecule has 0 saturated heterocycles. The minimum atomic E-state index is -1.12. The molecule has 5 heteroatoms. The molecular weight excluding hydrogens is 184 g/mol. The van der Waals surface area contributed by atoms with E-state index in [0.717, 1.165) is 6.54 Å². The van der Waals surface area contributed by atoms with E-state index in [1.54, 1.807) is 16.9 Å². The zero-order chi connectivity index (χ0) is 10.6. The normalized spacial score (nSPS) is 12.5. The predicted molar refractivity (Wildman–Crippen MR) is 49.6 cm³/mol. The number of hydrogen-bond acceptors (Lipinski definition) is 4. The number of aliphatic hydroxyl groups excluding tert-OH is 1. The average Bonchev–Trinajstić information content (AvgIpc) is 2.64. The molecule has 0 aliphatic carbocycles. The summed E-state index contributed by atoms with van der Waals surface area (Å²) in [7, 11) is 1.25. The van der Waals surface area contributed by atoms with E-state index in [4.69, 9.17) is 0 Å². The fraction of sp³-hybridized carbons (Fsp3) is 0.556. The third kappa shape index (κ3) is 2.56. The van der Waals surface area contributed by atoms with Gasteiger partial charge >= 0.3 is 5.97 Å². The van der Waals surface area contributed by atoms with Gasteiger partial charge in [0.1, 0.15) is 0 Å². The molecule has 1 heterocycles. The standard InChI is InChI=1S/C9H14N2O3/c1-3-11-5-4-7(10-11)6-8(12)9(13)14-2/h4-5,8,12H,3,6H2,1-2H3. The first kappa shape index (κ1) is 10.7. The molecule has 0 amide bonds. The van der Waals surface area contributed by atoms with Crippen molar-refractivity contribution in [3.8, 4) is 0 Å². The molecule has 1 rings (SSSR count). The van der Waals surface area contributed by atoms with Crippen LogP contribution < -0.4 is 0 Å². The molecular formula is C9H14N2O3. The van der Waals surface area contributed by atoms with Crippen LogP contribution in [0.2, 0.25) is 0 Å². The van der Waals surface area contributed by atoms with Crippen molar-refractivity contribution in [2.45, 2.75) is 26.0 Å². The second-order valence-electron chi connectivity index (χ2n) is 2.91. The van der Waals surface area contributed by atoms with E-state index in [2.05, 4.69) is 9.84 Å². The van der Waals surface area contributed by atoms with E-state index < -0.39 is 12.1 Å². The van der Waals surface area contributed by atoms with Gasteiger partial charge in [-0.05, 0) is 13.0 Å². The van der Waals surface area contributed by atoms with Crippen molar-refractivity contribution in [3.63, 3.8) is 0 Å². The van der Waals surface area contributed by atoms with Gasteiger partial charge in [0.15, 0.2) is 6.10 Å². The SMILES string of the molecule is CCn1ccc(CC(O)C(=O)OC)n1. The van der Waals surface area contributed by atoms with Crippen LogP contribution in [0.1, 0.15) is 12.6 Å². The Bertz CT molecular complexity index is 309. The summed E-state index contributed by atoms with van der Waals surface area (Å²) in [6.07, 6.45) is 0.874. The number of carbonyl (C=O) groups is 1. The number of hydrogen-bond donors (Lipinski definition) is 1. The van der Waals surface area contributed by atoms with Crippen molar-refractivity contribution in [2.24, 2.45) is 0 Å². The van der Waals surface area contributed by atoms with Gasteiger partial charge in [-0.1, -0.05) is 0 Å². The van der Waals surface area contributed by atoms with Gasteiger partial charge < -0.3 is 9.84 Å². The lowest BCUT2D eigenvalue weighted by molar-refractivity contribution is -0.150. The minimum Gasteiger partial charge on any atom is -0.467 e. The Labute approximate surface area is 82.3 Å². The van der Waals surface area contributed by atoms with E-state index in [9.17, 15) is 9.90 Å². The number of esters is 1. The largest absolute Gasteiger partial charge is 0.467 e. The van der Waals surface area contributed by atoms with Crippen LogP contribution in [0.5, 0.6) is 0 Å². The Morgan fingerprint density at radius 1 is 1.79 bits per heavy atom. The summed E-state index contributed by atoms with van der Waals surface area (Å²) in [5.74, 6) is -0.629. The molecule has 1 atom stereocenters. The van der Waals surface area contributed by atoms with Gasteiger partial charge in [-0.15, -0.1) is 0 Å². The summed E-state index contributed by atoms with van der Waals surface area (Å²) in [6, 6.07) is 1.77. The van der Waals surface area contributed by atoms with Crippen LogP contribution in [-0.4, -0.2) is 34.1 Å². The first-order valence-electron chi connectivity index (χ1n) is 4.45. The number of aromatic nitrogens is 2. The molecule has 14 heavy (non-hydrogen) atoms. The van der Waals surface area contributed by atoms with E-state index in [-0.39, 0.29) is 6.42 Å². The maximum Gasteiger partial charge on any atom is 0.335 e. The number of aryl methyl sites for hydroxylation is 1. The molecule has 1 aromatic rings. The highest BCUT2D eigenvalue weighted by molar-refractivity contribution is 5.74. The Morgan fingerprint density at radius 2 is 2.50 bits per heavy atom. The van der Waals surface area contributed by atoms with Gasteiger partial charge in [-0.2, -0.15) is 5.10 Å². The minimum absolute atomic E-state index is 0.194. The summed E-state index contributed by atoms with van der Waals surface area (Å²) in [5, 5.41) is 13.5. The topological polar surface area (TPSA) is 64.4 Å². The second-order valence-corrected chi connectivity index (χ2v) is 2.91. The molecule has 5 nitrogen and oxygen atoms in total. The Morgan fingerprint density at radius 3 is 3.00 bits per heavy atom. The second kappa shape index (κ2) is 4.76. The van der Waals surface area contributed by atoms with Crippen molar-refractivity contribution < 1.29 is 14.6 Å². The summed E-state index contributed by atoms with van der Waals surface area (Å²) >= 11 is 0. The molecule has 0 aliphatic rings. The maximum atomic E-state index is 10.9. The number of aliphatic hydroxyl groups is 1. The Kier molecular flexibility index (Phi) is 3.64. The van der Waals surface area contributed by atoms with Crippen LogP contribution in [-0.2, 0) is 22.5 Å². The fourth-order valence-electron chi connectivity index (χ4n) is 1.11. The van der Waals surface area contributed by atoms with Crippen molar-refractivity contribution in [1.29, 1.82) is 0 Å².